The van der Waals surface area contributed by atoms with E-state index in [1.807, 2.05) is 0 Å². The van der Waals surface area contributed by atoms with Crippen molar-refractivity contribution >= 4 is 48.7 Å². The highest BCUT2D eigenvalue weighted by Gasteiger charge is 2.20. The van der Waals surface area contributed by atoms with E-state index in [9.17, 15) is 13.2 Å². The van der Waals surface area contributed by atoms with Gasteiger partial charge in [0, 0.05) is 19.7 Å². The zero-order valence-corrected chi connectivity index (χ0v) is 15.8. The van der Waals surface area contributed by atoms with Gasteiger partial charge in [-0.1, -0.05) is 18.3 Å². The molecule has 3 aromatic rings. The Kier molecular flexibility index (Phi) is 5.21. The van der Waals surface area contributed by atoms with Crippen LogP contribution in [0.5, 0.6) is 0 Å². The number of anilines is 1. The van der Waals surface area contributed by atoms with Crippen LogP contribution in [-0.2, 0) is 14.8 Å². The zero-order valence-electron chi connectivity index (χ0n) is 14.2. The van der Waals surface area contributed by atoms with Crippen molar-refractivity contribution in [1.29, 1.82) is 0 Å². The molecule has 0 saturated carbocycles. The number of fused-ring (bicyclic) bond motifs is 1. The van der Waals surface area contributed by atoms with Crippen molar-refractivity contribution in [3.8, 4) is 0 Å². The molecular formula is C17H17N3O4S2. The molecule has 0 atom stereocenters. The minimum Gasteiger partial charge on any atom is -0.465 e. The van der Waals surface area contributed by atoms with E-state index in [2.05, 4.69) is 10.3 Å². The number of hydrogen-bond donors (Lipinski definition) is 1. The highest BCUT2D eigenvalue weighted by Crippen LogP contribution is 2.29. The minimum absolute atomic E-state index is 0.202. The molecule has 1 amide bonds. The maximum atomic E-state index is 12.4. The molecule has 7 nitrogen and oxygen atoms in total. The summed E-state index contributed by atoms with van der Waals surface area (Å²) in [6, 6.07) is 8.19. The number of nitrogens with zero attached hydrogens (tertiary/aromatic N) is 2. The maximum absolute atomic E-state index is 12.4. The lowest BCUT2D eigenvalue weighted by Crippen LogP contribution is -2.26. The SMILES string of the molecule is CCN(C)S(=O)(=O)c1ccc2nc(NC(=O)C=Cc3ccco3)sc2c1. The van der Waals surface area contributed by atoms with Crippen LogP contribution in [0.2, 0.25) is 0 Å². The van der Waals surface area contributed by atoms with Crippen molar-refractivity contribution < 1.29 is 17.6 Å². The largest absolute Gasteiger partial charge is 0.465 e. The van der Waals surface area contributed by atoms with Crippen LogP contribution in [0.1, 0.15) is 12.7 Å². The molecule has 26 heavy (non-hydrogen) atoms. The van der Waals surface area contributed by atoms with Gasteiger partial charge in [-0.2, -0.15) is 0 Å². The normalized spacial score (nSPS) is 12.3. The van der Waals surface area contributed by atoms with Gasteiger partial charge in [0.1, 0.15) is 5.76 Å². The van der Waals surface area contributed by atoms with Crippen LogP contribution in [0.15, 0.2) is 52.0 Å². The molecule has 0 aliphatic heterocycles. The molecule has 0 bridgehead atoms. The van der Waals surface area contributed by atoms with E-state index in [4.69, 9.17) is 4.42 Å². The van der Waals surface area contributed by atoms with E-state index in [0.29, 0.717) is 27.7 Å². The van der Waals surface area contributed by atoms with Crippen molar-refractivity contribution in [3.05, 3.63) is 48.4 Å². The standard InChI is InChI=1S/C17H17N3O4S2/c1-3-20(2)26(22,23)13-7-8-14-15(11-13)25-17(18-14)19-16(21)9-6-12-5-4-10-24-12/h4-11H,3H2,1-2H3,(H,18,19,21). The molecule has 1 aromatic carbocycles. The van der Waals surface area contributed by atoms with Crippen LogP contribution in [0, 0.1) is 0 Å². The van der Waals surface area contributed by atoms with Gasteiger partial charge in [-0.05, 0) is 36.4 Å². The first-order valence-electron chi connectivity index (χ1n) is 7.79. The van der Waals surface area contributed by atoms with Gasteiger partial charge in [-0.25, -0.2) is 17.7 Å². The number of rotatable bonds is 6. The van der Waals surface area contributed by atoms with Crippen LogP contribution in [-0.4, -0.2) is 37.2 Å². The number of carbonyl (C=O) groups excluding carboxylic acids is 1. The molecule has 0 saturated heterocycles. The molecule has 0 spiro atoms. The monoisotopic (exact) mass is 391 g/mol. The fourth-order valence-corrected chi connectivity index (χ4v) is 4.35. The molecule has 9 heteroatoms. The third-order valence-electron chi connectivity index (χ3n) is 3.69. The number of carbonyl (C=O) groups is 1. The van der Waals surface area contributed by atoms with Gasteiger partial charge in [0.25, 0.3) is 0 Å². The fraction of sp³-hybridized carbons (Fsp3) is 0.176. The average molecular weight is 391 g/mol. The molecule has 0 aliphatic rings. The molecule has 2 aromatic heterocycles. The van der Waals surface area contributed by atoms with Crippen molar-refractivity contribution in [2.45, 2.75) is 11.8 Å². The van der Waals surface area contributed by atoms with Crippen LogP contribution in [0.3, 0.4) is 0 Å². The predicted molar refractivity (Wildman–Crippen MR) is 101 cm³/mol. The highest BCUT2D eigenvalue weighted by atomic mass is 32.2. The Morgan fingerprint density at radius 2 is 2.19 bits per heavy atom. The summed E-state index contributed by atoms with van der Waals surface area (Å²) in [5.74, 6) is 0.221. The maximum Gasteiger partial charge on any atom is 0.250 e. The number of thiazole rings is 1. The van der Waals surface area contributed by atoms with Gasteiger partial charge < -0.3 is 4.42 Å². The van der Waals surface area contributed by atoms with E-state index >= 15 is 0 Å². The fourth-order valence-electron chi connectivity index (χ4n) is 2.16. The number of benzene rings is 1. The van der Waals surface area contributed by atoms with Crippen LogP contribution in [0.4, 0.5) is 5.13 Å². The van der Waals surface area contributed by atoms with Gasteiger partial charge in [0.15, 0.2) is 5.13 Å². The van der Waals surface area contributed by atoms with E-state index in [1.54, 1.807) is 37.3 Å². The average Bonchev–Trinajstić information content (AvgIpc) is 3.27. The van der Waals surface area contributed by atoms with Crippen LogP contribution < -0.4 is 5.32 Å². The summed E-state index contributed by atoms with van der Waals surface area (Å²) >= 11 is 1.22. The van der Waals surface area contributed by atoms with E-state index in [1.165, 1.54) is 41.1 Å². The number of furan rings is 1. The summed E-state index contributed by atoms with van der Waals surface area (Å²) in [5, 5.41) is 3.06. The summed E-state index contributed by atoms with van der Waals surface area (Å²) in [5.41, 5.74) is 0.624. The minimum atomic E-state index is -3.52. The van der Waals surface area contributed by atoms with Crippen molar-refractivity contribution in [3.63, 3.8) is 0 Å². The molecule has 1 N–H and O–H groups in total. The first-order valence-corrected chi connectivity index (χ1v) is 10.1. The smallest absolute Gasteiger partial charge is 0.250 e. The molecule has 3 rings (SSSR count). The lowest BCUT2D eigenvalue weighted by atomic mass is 10.3. The third-order valence-corrected chi connectivity index (χ3v) is 6.55. The first-order chi connectivity index (χ1) is 12.4. The third kappa shape index (κ3) is 3.85. The van der Waals surface area contributed by atoms with Gasteiger partial charge in [0.05, 0.1) is 21.4 Å². The van der Waals surface area contributed by atoms with Gasteiger partial charge in [0.2, 0.25) is 15.9 Å². The number of nitrogens with one attached hydrogen (secondary N) is 1. The molecule has 136 valence electrons. The van der Waals surface area contributed by atoms with Gasteiger partial charge in [-0.3, -0.25) is 10.1 Å². The van der Waals surface area contributed by atoms with E-state index in [0.717, 1.165) is 0 Å². The quantitative estimate of drug-likeness (QED) is 0.652. The Bertz CT molecular complexity index is 1050. The Hall–Kier alpha value is -2.49. The van der Waals surface area contributed by atoms with E-state index < -0.39 is 10.0 Å². The van der Waals surface area contributed by atoms with Crippen molar-refractivity contribution in [1.82, 2.24) is 9.29 Å². The van der Waals surface area contributed by atoms with Crippen LogP contribution >= 0.6 is 11.3 Å². The Morgan fingerprint density at radius 3 is 2.88 bits per heavy atom. The second kappa shape index (κ2) is 7.40. The summed E-state index contributed by atoms with van der Waals surface area (Å²) < 4.78 is 31.9. The number of sulfonamides is 1. The molecule has 0 unspecified atom stereocenters. The highest BCUT2D eigenvalue weighted by molar-refractivity contribution is 7.89. The molecule has 0 radical (unpaired) electrons. The lowest BCUT2D eigenvalue weighted by Gasteiger charge is -2.14. The summed E-state index contributed by atoms with van der Waals surface area (Å²) in [7, 11) is -1.99. The Labute approximate surface area is 155 Å². The van der Waals surface area contributed by atoms with Gasteiger partial charge in [-0.15, -0.1) is 0 Å². The summed E-state index contributed by atoms with van der Waals surface area (Å²) in [6.07, 6.45) is 4.41. The number of amides is 1. The summed E-state index contributed by atoms with van der Waals surface area (Å²) in [6.45, 7) is 2.15. The number of hydrogen-bond acceptors (Lipinski definition) is 6. The van der Waals surface area contributed by atoms with Crippen LogP contribution in [0.25, 0.3) is 16.3 Å². The Balaban J connectivity index is 1.80. The van der Waals surface area contributed by atoms with Gasteiger partial charge >= 0.3 is 0 Å². The van der Waals surface area contributed by atoms with E-state index in [-0.39, 0.29) is 10.8 Å². The first kappa shape index (κ1) is 18.3. The van der Waals surface area contributed by atoms with Crippen molar-refractivity contribution in [2.24, 2.45) is 0 Å². The Morgan fingerprint density at radius 1 is 1.38 bits per heavy atom. The topological polar surface area (TPSA) is 92.5 Å². The molecule has 0 fully saturated rings. The van der Waals surface area contributed by atoms with Crippen molar-refractivity contribution in [2.75, 3.05) is 18.9 Å². The molecular weight excluding hydrogens is 374 g/mol. The molecule has 0 aliphatic carbocycles. The lowest BCUT2D eigenvalue weighted by molar-refractivity contribution is -0.111. The molecule has 2 heterocycles. The predicted octanol–water partition coefficient (Wildman–Crippen LogP) is 3.18. The second-order valence-corrected chi connectivity index (χ2v) is 8.48. The number of aromatic nitrogens is 1. The summed E-state index contributed by atoms with van der Waals surface area (Å²) in [4.78, 5) is 16.5. The zero-order chi connectivity index (χ0) is 18.7. The second-order valence-electron chi connectivity index (χ2n) is 5.41.